The van der Waals surface area contributed by atoms with Crippen molar-refractivity contribution >= 4 is 0 Å². The summed E-state index contributed by atoms with van der Waals surface area (Å²) in [5.74, 6) is 0.815. The van der Waals surface area contributed by atoms with Crippen LogP contribution in [0.5, 0.6) is 0 Å². The smallest absolute Gasteiger partial charge is 0.123 e. The van der Waals surface area contributed by atoms with Crippen LogP contribution in [0.4, 0.5) is 4.39 Å². The number of halogens is 1. The van der Waals surface area contributed by atoms with Crippen LogP contribution < -0.4 is 0 Å². The first-order chi connectivity index (χ1) is 7.47. The highest BCUT2D eigenvalue weighted by Gasteiger charge is 2.23. The van der Waals surface area contributed by atoms with E-state index < -0.39 is 0 Å². The van der Waals surface area contributed by atoms with Gasteiger partial charge in [0.25, 0.3) is 0 Å². The molecule has 0 N–H and O–H groups in total. The van der Waals surface area contributed by atoms with E-state index in [1.54, 1.807) is 12.1 Å². The minimum Gasteiger partial charge on any atom is -0.207 e. The normalized spacial score (nSPS) is 16.5. The van der Waals surface area contributed by atoms with Crippen molar-refractivity contribution < 1.29 is 4.39 Å². The molecule has 1 aliphatic carbocycles. The monoisotopic (exact) mass is 220 g/mol. The molecule has 16 heavy (non-hydrogen) atoms. The van der Waals surface area contributed by atoms with Crippen LogP contribution in [-0.2, 0) is 11.8 Å². The van der Waals surface area contributed by atoms with E-state index in [0.717, 1.165) is 12.3 Å². The fourth-order valence-corrected chi connectivity index (χ4v) is 2.27. The molecule has 0 amide bonds. The van der Waals surface area contributed by atoms with Gasteiger partial charge in [-0.25, -0.2) is 4.39 Å². The maximum Gasteiger partial charge on any atom is 0.123 e. The first-order valence-electron chi connectivity index (χ1n) is 6.26. The molecule has 0 unspecified atom stereocenters. The lowest BCUT2D eigenvalue weighted by molar-refractivity contribution is 0.568. The van der Waals surface area contributed by atoms with Gasteiger partial charge in [-0.3, -0.25) is 0 Å². The predicted molar refractivity (Wildman–Crippen MR) is 66.1 cm³/mol. The van der Waals surface area contributed by atoms with Gasteiger partial charge in [-0.2, -0.15) is 0 Å². The third kappa shape index (κ3) is 2.84. The van der Waals surface area contributed by atoms with Gasteiger partial charge in [-0.15, -0.1) is 0 Å². The Bertz CT molecular complexity index is 370. The summed E-state index contributed by atoms with van der Waals surface area (Å²) in [7, 11) is 0. The average molecular weight is 220 g/mol. The van der Waals surface area contributed by atoms with E-state index in [4.69, 9.17) is 0 Å². The van der Waals surface area contributed by atoms with Crippen molar-refractivity contribution in [3.8, 4) is 0 Å². The molecule has 1 fully saturated rings. The molecular formula is C15H21F. The average Bonchev–Trinajstić information content (AvgIpc) is 2.96. The van der Waals surface area contributed by atoms with Crippen LogP contribution in [0.1, 0.15) is 51.2 Å². The molecule has 2 rings (SSSR count). The fraction of sp³-hybridized carbons (Fsp3) is 0.600. The Kier molecular flexibility index (Phi) is 3.05. The highest BCUT2D eigenvalue weighted by Crippen LogP contribution is 2.35. The largest absolute Gasteiger partial charge is 0.207 e. The number of rotatable bonds is 3. The van der Waals surface area contributed by atoms with E-state index >= 15 is 0 Å². The van der Waals surface area contributed by atoms with Crippen LogP contribution in [0.2, 0.25) is 0 Å². The van der Waals surface area contributed by atoms with Gasteiger partial charge >= 0.3 is 0 Å². The minimum absolute atomic E-state index is 0.0983. The Morgan fingerprint density at radius 1 is 1.25 bits per heavy atom. The van der Waals surface area contributed by atoms with E-state index in [-0.39, 0.29) is 11.2 Å². The van der Waals surface area contributed by atoms with Crippen molar-refractivity contribution in [2.24, 2.45) is 5.92 Å². The maximum absolute atomic E-state index is 13.3. The maximum atomic E-state index is 13.3. The lowest BCUT2D eigenvalue weighted by atomic mass is 9.82. The molecule has 0 saturated heterocycles. The number of benzene rings is 1. The van der Waals surface area contributed by atoms with Crippen molar-refractivity contribution in [2.75, 3.05) is 0 Å². The van der Waals surface area contributed by atoms with Crippen molar-refractivity contribution in [2.45, 2.75) is 51.9 Å². The van der Waals surface area contributed by atoms with Crippen LogP contribution >= 0.6 is 0 Å². The summed E-state index contributed by atoms with van der Waals surface area (Å²) in [6.45, 7) is 6.59. The fourth-order valence-electron chi connectivity index (χ4n) is 2.27. The van der Waals surface area contributed by atoms with E-state index in [0.29, 0.717) is 0 Å². The van der Waals surface area contributed by atoms with Crippen molar-refractivity contribution in [1.82, 2.24) is 0 Å². The SMILES string of the molecule is CC(C)(C)c1ccc(F)cc1CCC1CC1. The lowest BCUT2D eigenvalue weighted by Gasteiger charge is -2.23. The Labute approximate surface area is 97.9 Å². The Morgan fingerprint density at radius 2 is 1.94 bits per heavy atom. The van der Waals surface area contributed by atoms with Gasteiger partial charge in [0.2, 0.25) is 0 Å². The first-order valence-corrected chi connectivity index (χ1v) is 6.26. The topological polar surface area (TPSA) is 0 Å². The zero-order valence-corrected chi connectivity index (χ0v) is 10.5. The zero-order valence-electron chi connectivity index (χ0n) is 10.5. The van der Waals surface area contributed by atoms with Crippen molar-refractivity contribution in [3.63, 3.8) is 0 Å². The third-order valence-corrected chi connectivity index (χ3v) is 3.39. The second kappa shape index (κ2) is 4.20. The third-order valence-electron chi connectivity index (χ3n) is 3.39. The molecule has 0 aliphatic heterocycles. The van der Waals surface area contributed by atoms with E-state index in [1.807, 2.05) is 6.07 Å². The van der Waals surface area contributed by atoms with Crippen LogP contribution in [0.15, 0.2) is 18.2 Å². The van der Waals surface area contributed by atoms with Crippen molar-refractivity contribution in [1.29, 1.82) is 0 Å². The van der Waals surface area contributed by atoms with Gasteiger partial charge in [0.1, 0.15) is 5.82 Å². The summed E-state index contributed by atoms with van der Waals surface area (Å²) < 4.78 is 13.3. The van der Waals surface area contributed by atoms with E-state index in [1.165, 1.54) is 30.4 Å². The Balaban J connectivity index is 2.20. The van der Waals surface area contributed by atoms with Gasteiger partial charge in [0, 0.05) is 0 Å². The number of hydrogen-bond acceptors (Lipinski definition) is 0. The van der Waals surface area contributed by atoms with E-state index in [9.17, 15) is 4.39 Å². The highest BCUT2D eigenvalue weighted by atomic mass is 19.1. The predicted octanol–water partition coefficient (Wildman–Crippen LogP) is 4.47. The van der Waals surface area contributed by atoms with Crippen LogP contribution in [0.25, 0.3) is 0 Å². The highest BCUT2D eigenvalue weighted by molar-refractivity contribution is 5.33. The Morgan fingerprint density at radius 3 is 2.50 bits per heavy atom. The number of aryl methyl sites for hydroxylation is 1. The van der Waals surface area contributed by atoms with Gasteiger partial charge in [0.05, 0.1) is 0 Å². The van der Waals surface area contributed by atoms with Crippen molar-refractivity contribution in [3.05, 3.63) is 35.1 Å². The molecule has 0 aromatic heterocycles. The minimum atomic E-state index is -0.0983. The molecule has 1 saturated carbocycles. The molecular weight excluding hydrogens is 199 g/mol. The molecule has 0 spiro atoms. The summed E-state index contributed by atoms with van der Waals surface area (Å²) in [5, 5.41) is 0. The second-order valence-corrected chi connectivity index (χ2v) is 6.03. The quantitative estimate of drug-likeness (QED) is 0.705. The lowest BCUT2D eigenvalue weighted by Crippen LogP contribution is -2.14. The van der Waals surface area contributed by atoms with Gasteiger partial charge in [-0.05, 0) is 47.4 Å². The van der Waals surface area contributed by atoms with Gasteiger partial charge in [0.15, 0.2) is 0 Å². The molecule has 1 aromatic carbocycles. The van der Waals surface area contributed by atoms with Gasteiger partial charge in [-0.1, -0.05) is 39.7 Å². The summed E-state index contributed by atoms with van der Waals surface area (Å²) >= 11 is 0. The molecule has 88 valence electrons. The molecule has 0 atom stereocenters. The molecule has 1 heteroatoms. The van der Waals surface area contributed by atoms with Crippen LogP contribution in [0, 0.1) is 11.7 Å². The van der Waals surface area contributed by atoms with Crippen LogP contribution in [-0.4, -0.2) is 0 Å². The second-order valence-electron chi connectivity index (χ2n) is 6.03. The molecule has 0 heterocycles. The standard InChI is InChI=1S/C15H21F/c1-15(2,3)14-9-8-13(16)10-12(14)7-6-11-4-5-11/h8-11H,4-7H2,1-3H3. The molecule has 0 radical (unpaired) electrons. The van der Waals surface area contributed by atoms with E-state index in [2.05, 4.69) is 20.8 Å². The molecule has 1 aliphatic rings. The Hall–Kier alpha value is -0.850. The van der Waals surface area contributed by atoms with Crippen LogP contribution in [0.3, 0.4) is 0 Å². The summed E-state index contributed by atoms with van der Waals surface area (Å²) in [6, 6.07) is 5.27. The molecule has 0 bridgehead atoms. The zero-order chi connectivity index (χ0) is 11.8. The molecule has 0 nitrogen and oxygen atoms in total. The summed E-state index contributed by atoms with van der Waals surface area (Å²) in [5.41, 5.74) is 2.63. The first kappa shape index (κ1) is 11.6. The van der Waals surface area contributed by atoms with Gasteiger partial charge < -0.3 is 0 Å². The number of hydrogen-bond donors (Lipinski definition) is 0. The summed E-state index contributed by atoms with van der Waals surface area (Å²) in [4.78, 5) is 0. The molecule has 1 aromatic rings. The summed E-state index contributed by atoms with van der Waals surface area (Å²) in [6.07, 6.45) is 5.02.